The molecule has 11 rings (SSSR count). The van der Waals surface area contributed by atoms with Gasteiger partial charge >= 0.3 is 0 Å². The second-order valence-electron chi connectivity index (χ2n) is 15.3. The van der Waals surface area contributed by atoms with Crippen molar-refractivity contribution in [2.75, 3.05) is 0 Å². The van der Waals surface area contributed by atoms with Crippen LogP contribution in [-0.2, 0) is 5.41 Å². The number of hydrogen-bond donors (Lipinski definition) is 0. The highest BCUT2D eigenvalue weighted by atomic mass is 14.4. The third-order valence-electron chi connectivity index (χ3n) is 12.0. The van der Waals surface area contributed by atoms with E-state index in [1.165, 1.54) is 109 Å². The van der Waals surface area contributed by atoms with Crippen molar-refractivity contribution < 1.29 is 0 Å². The maximum Gasteiger partial charge on any atom is 0.0159 e. The fraction of sp³-hybridized carbons (Fsp3) is 0.0566. The molecule has 0 radical (unpaired) electrons. The van der Waals surface area contributed by atoms with Crippen LogP contribution in [0.15, 0.2) is 182 Å². The van der Waals surface area contributed by atoms with Crippen LogP contribution in [0.2, 0.25) is 0 Å². The summed E-state index contributed by atoms with van der Waals surface area (Å²) in [6.45, 7) is 4.72. The van der Waals surface area contributed by atoms with Crippen LogP contribution in [-0.4, -0.2) is 0 Å². The van der Waals surface area contributed by atoms with Crippen molar-refractivity contribution in [3.8, 4) is 44.5 Å². The Balaban J connectivity index is 1.04. The molecule has 10 aromatic rings. The van der Waals surface area contributed by atoms with Gasteiger partial charge < -0.3 is 0 Å². The van der Waals surface area contributed by atoms with E-state index in [0.717, 1.165) is 0 Å². The van der Waals surface area contributed by atoms with Crippen LogP contribution in [0.25, 0.3) is 98.4 Å². The van der Waals surface area contributed by atoms with E-state index in [4.69, 9.17) is 0 Å². The SMILES string of the molecule is CC1(C)c2ccccc2-c2ccc(-c3ccc(-c4ccc5ccc(-c6cc7ccc8ccccc8c7c7ccccc67)cc5c4)c4ccccc34)cc21. The third-order valence-corrected chi connectivity index (χ3v) is 12.0. The Labute approximate surface area is 309 Å². The van der Waals surface area contributed by atoms with Crippen molar-refractivity contribution in [1.82, 2.24) is 0 Å². The lowest BCUT2D eigenvalue weighted by Crippen LogP contribution is -2.14. The average Bonchev–Trinajstić information content (AvgIpc) is 3.44. The van der Waals surface area contributed by atoms with Crippen LogP contribution in [0.3, 0.4) is 0 Å². The monoisotopic (exact) mass is 672 g/mol. The second kappa shape index (κ2) is 11.2. The fourth-order valence-electron chi connectivity index (χ4n) is 9.37. The van der Waals surface area contributed by atoms with E-state index in [9.17, 15) is 0 Å². The van der Waals surface area contributed by atoms with Gasteiger partial charge in [-0.3, -0.25) is 0 Å². The van der Waals surface area contributed by atoms with E-state index in [-0.39, 0.29) is 5.41 Å². The summed E-state index contributed by atoms with van der Waals surface area (Å²) in [6, 6.07) is 68.0. The van der Waals surface area contributed by atoms with Crippen molar-refractivity contribution in [1.29, 1.82) is 0 Å². The first-order valence-electron chi connectivity index (χ1n) is 18.7. The van der Waals surface area contributed by atoms with E-state index < -0.39 is 0 Å². The molecular weight excluding hydrogens is 637 g/mol. The fourth-order valence-corrected chi connectivity index (χ4v) is 9.37. The van der Waals surface area contributed by atoms with Gasteiger partial charge in [0.1, 0.15) is 0 Å². The van der Waals surface area contributed by atoms with Gasteiger partial charge in [-0.15, -0.1) is 0 Å². The first-order chi connectivity index (χ1) is 26.0. The highest BCUT2D eigenvalue weighted by molar-refractivity contribution is 6.23. The molecule has 0 heteroatoms. The summed E-state index contributed by atoms with van der Waals surface area (Å²) < 4.78 is 0. The van der Waals surface area contributed by atoms with Gasteiger partial charge in [-0.1, -0.05) is 172 Å². The van der Waals surface area contributed by atoms with E-state index in [1.807, 2.05) is 0 Å². The normalized spacial score (nSPS) is 13.2. The minimum atomic E-state index is -0.0326. The van der Waals surface area contributed by atoms with Crippen molar-refractivity contribution in [2.45, 2.75) is 19.3 Å². The summed E-state index contributed by atoms with van der Waals surface area (Å²) >= 11 is 0. The molecule has 0 atom stereocenters. The number of hydrogen-bond acceptors (Lipinski definition) is 0. The highest BCUT2D eigenvalue weighted by Crippen LogP contribution is 2.50. The summed E-state index contributed by atoms with van der Waals surface area (Å²) in [5.74, 6) is 0. The van der Waals surface area contributed by atoms with Gasteiger partial charge in [-0.05, 0) is 134 Å². The molecule has 0 saturated heterocycles. The zero-order valence-electron chi connectivity index (χ0n) is 29.8. The van der Waals surface area contributed by atoms with Gasteiger partial charge in [0.2, 0.25) is 0 Å². The molecule has 0 amide bonds. The Hall–Kier alpha value is -6.50. The Morgan fingerprint density at radius 3 is 1.51 bits per heavy atom. The van der Waals surface area contributed by atoms with Gasteiger partial charge in [-0.25, -0.2) is 0 Å². The Morgan fingerprint density at radius 2 is 0.774 bits per heavy atom. The molecule has 1 aliphatic rings. The van der Waals surface area contributed by atoms with E-state index in [1.54, 1.807) is 0 Å². The predicted octanol–water partition coefficient (Wildman–Crippen LogP) is 14.8. The largest absolute Gasteiger partial charge is 0.0619 e. The summed E-state index contributed by atoms with van der Waals surface area (Å²) in [5.41, 5.74) is 13.0. The maximum atomic E-state index is 2.44. The second-order valence-corrected chi connectivity index (χ2v) is 15.3. The van der Waals surface area contributed by atoms with Gasteiger partial charge in [-0.2, -0.15) is 0 Å². The smallest absolute Gasteiger partial charge is 0.0159 e. The minimum Gasteiger partial charge on any atom is -0.0619 e. The van der Waals surface area contributed by atoms with Crippen LogP contribution in [0.5, 0.6) is 0 Å². The van der Waals surface area contributed by atoms with Crippen LogP contribution >= 0.6 is 0 Å². The van der Waals surface area contributed by atoms with Crippen LogP contribution in [0, 0.1) is 0 Å². The number of benzene rings is 10. The zero-order chi connectivity index (χ0) is 35.3. The minimum absolute atomic E-state index is 0.0326. The zero-order valence-corrected chi connectivity index (χ0v) is 29.8. The van der Waals surface area contributed by atoms with Crippen LogP contribution in [0.1, 0.15) is 25.0 Å². The van der Waals surface area contributed by atoms with Crippen LogP contribution in [0.4, 0.5) is 0 Å². The highest BCUT2D eigenvalue weighted by Gasteiger charge is 2.35. The Kier molecular flexibility index (Phi) is 6.40. The topological polar surface area (TPSA) is 0 Å². The first-order valence-corrected chi connectivity index (χ1v) is 18.7. The van der Waals surface area contributed by atoms with E-state index in [0.29, 0.717) is 0 Å². The van der Waals surface area contributed by atoms with E-state index in [2.05, 4.69) is 196 Å². The van der Waals surface area contributed by atoms with E-state index >= 15 is 0 Å². The number of fused-ring (bicyclic) bond motifs is 10. The molecule has 0 heterocycles. The lowest BCUT2D eigenvalue weighted by molar-refractivity contribution is 0.660. The van der Waals surface area contributed by atoms with Gasteiger partial charge in [0.15, 0.2) is 0 Å². The molecule has 0 nitrogen and oxygen atoms in total. The summed E-state index contributed by atoms with van der Waals surface area (Å²) in [6.07, 6.45) is 0. The predicted molar refractivity (Wildman–Crippen MR) is 228 cm³/mol. The molecule has 1 aliphatic carbocycles. The lowest BCUT2D eigenvalue weighted by atomic mass is 9.81. The molecular formula is C53H36. The van der Waals surface area contributed by atoms with Crippen molar-refractivity contribution in [3.63, 3.8) is 0 Å². The molecule has 0 aliphatic heterocycles. The Bertz CT molecular complexity index is 3140. The molecule has 0 fully saturated rings. The van der Waals surface area contributed by atoms with Gasteiger partial charge in [0, 0.05) is 5.41 Å². The lowest BCUT2D eigenvalue weighted by Gasteiger charge is -2.22. The average molecular weight is 673 g/mol. The molecule has 0 N–H and O–H groups in total. The van der Waals surface area contributed by atoms with Crippen molar-refractivity contribution in [2.24, 2.45) is 0 Å². The summed E-state index contributed by atoms with van der Waals surface area (Å²) in [7, 11) is 0. The van der Waals surface area contributed by atoms with Crippen LogP contribution < -0.4 is 0 Å². The first kappa shape index (κ1) is 30.2. The summed E-state index contributed by atoms with van der Waals surface area (Å²) in [5, 5.41) is 12.8. The molecule has 0 unspecified atom stereocenters. The molecule has 0 saturated carbocycles. The third kappa shape index (κ3) is 4.49. The molecule has 248 valence electrons. The number of rotatable bonds is 3. The Morgan fingerprint density at radius 1 is 0.283 bits per heavy atom. The molecule has 53 heavy (non-hydrogen) atoms. The van der Waals surface area contributed by atoms with Crippen molar-refractivity contribution >= 4 is 53.9 Å². The molecule has 0 bridgehead atoms. The summed E-state index contributed by atoms with van der Waals surface area (Å²) in [4.78, 5) is 0. The molecule has 0 spiro atoms. The van der Waals surface area contributed by atoms with Crippen molar-refractivity contribution in [3.05, 3.63) is 193 Å². The quantitative estimate of drug-likeness (QED) is 0.164. The standard InChI is InChI=1S/C53H36/c1-53(2)50-18-10-9-16-46(50)47-26-25-37(32-51(47)53)41-28-27-40(43-13-5-6-14-44(41)43)35-22-19-33-20-23-36(30-39(33)29-35)49-31-38-24-21-34-11-3-4-12-42(34)52(38)48-17-8-7-15-45(48)49/h3-32H,1-2H3. The molecule has 0 aromatic heterocycles. The van der Waals surface area contributed by atoms with Gasteiger partial charge in [0.25, 0.3) is 0 Å². The molecule has 10 aromatic carbocycles. The van der Waals surface area contributed by atoms with Gasteiger partial charge in [0.05, 0.1) is 0 Å². The maximum absolute atomic E-state index is 2.44.